The van der Waals surface area contributed by atoms with E-state index in [4.69, 9.17) is 4.74 Å². The molecule has 0 saturated carbocycles. The zero-order valence-corrected chi connectivity index (χ0v) is 15.3. The van der Waals surface area contributed by atoms with E-state index in [1.54, 1.807) is 45.0 Å². The Bertz CT molecular complexity index is 735. The minimum atomic E-state index is -1.07. The van der Waals surface area contributed by atoms with Crippen LogP contribution in [0.3, 0.4) is 0 Å². The molecular weight excluding hydrogens is 334 g/mol. The number of esters is 1. The molecule has 138 valence electrons. The molecule has 1 aromatic rings. The number of rotatable bonds is 7. The van der Waals surface area contributed by atoms with Crippen LogP contribution in [-0.2, 0) is 19.1 Å². The zero-order chi connectivity index (χ0) is 19.7. The van der Waals surface area contributed by atoms with Crippen LogP contribution in [0.2, 0.25) is 0 Å². The van der Waals surface area contributed by atoms with Gasteiger partial charge in [-0.3, -0.25) is 9.59 Å². The predicted molar refractivity (Wildman–Crippen MR) is 96.2 cm³/mol. The largest absolute Gasteiger partial charge is 0.451 e. The first-order valence-corrected chi connectivity index (χ1v) is 8.11. The summed E-state index contributed by atoms with van der Waals surface area (Å²) in [4.78, 5) is 35.5. The third-order valence-electron chi connectivity index (χ3n) is 3.76. The van der Waals surface area contributed by atoms with Crippen molar-refractivity contribution in [3.63, 3.8) is 0 Å². The summed E-state index contributed by atoms with van der Waals surface area (Å²) in [6, 6.07) is 10.9. The maximum Gasteiger partial charge on any atom is 0.355 e. The van der Waals surface area contributed by atoms with E-state index in [0.29, 0.717) is 5.56 Å². The van der Waals surface area contributed by atoms with Crippen LogP contribution in [-0.4, -0.2) is 29.9 Å². The van der Waals surface area contributed by atoms with E-state index in [1.165, 1.54) is 13.0 Å². The first-order chi connectivity index (χ1) is 12.2. The number of nitrogens with zero attached hydrogens (tertiary/aromatic N) is 1. The highest BCUT2D eigenvalue weighted by atomic mass is 16.5. The van der Waals surface area contributed by atoms with Crippen molar-refractivity contribution in [1.82, 2.24) is 10.6 Å². The van der Waals surface area contributed by atoms with Gasteiger partial charge in [-0.2, -0.15) is 5.26 Å². The molecule has 0 fully saturated rings. The summed E-state index contributed by atoms with van der Waals surface area (Å²) in [5.74, 6) is -2.01. The van der Waals surface area contributed by atoms with Gasteiger partial charge in [0.15, 0.2) is 6.61 Å². The number of nitrogens with one attached hydrogen (secondary N) is 2. The molecule has 0 aromatic heterocycles. The molecular formula is C19H23N3O4. The minimum absolute atomic E-state index is 0.0802. The number of amides is 2. The van der Waals surface area contributed by atoms with Gasteiger partial charge in [0, 0.05) is 6.92 Å². The fraction of sp³-hybridized carbons (Fsp3) is 0.368. The highest BCUT2D eigenvalue weighted by Crippen LogP contribution is 2.15. The van der Waals surface area contributed by atoms with E-state index in [1.807, 2.05) is 12.1 Å². The van der Waals surface area contributed by atoms with Gasteiger partial charge in [0.25, 0.3) is 5.91 Å². The maximum absolute atomic E-state index is 12.2. The molecule has 0 bridgehead atoms. The van der Waals surface area contributed by atoms with E-state index in [0.717, 1.165) is 0 Å². The third kappa shape index (κ3) is 6.40. The van der Waals surface area contributed by atoms with Crippen LogP contribution >= 0.6 is 0 Å². The Hall–Kier alpha value is -3.14. The van der Waals surface area contributed by atoms with Gasteiger partial charge in [-0.1, -0.05) is 44.2 Å². The van der Waals surface area contributed by atoms with Crippen LogP contribution in [0.4, 0.5) is 0 Å². The summed E-state index contributed by atoms with van der Waals surface area (Å²) in [7, 11) is 0. The van der Waals surface area contributed by atoms with Crippen molar-refractivity contribution in [3.8, 4) is 6.07 Å². The third-order valence-corrected chi connectivity index (χ3v) is 3.76. The number of nitriles is 1. The number of ether oxygens (including phenoxy) is 1. The van der Waals surface area contributed by atoms with Gasteiger partial charge in [-0.05, 0) is 24.5 Å². The molecule has 0 saturated heterocycles. The SMILES string of the molecule is CC(=O)N/C(=C\c1ccccc1)C(=O)OCC(=O)N[C@@](C)(C#N)C(C)C. The molecule has 0 radical (unpaired) electrons. The molecule has 0 aliphatic heterocycles. The van der Waals surface area contributed by atoms with Crippen LogP contribution in [0.1, 0.15) is 33.3 Å². The van der Waals surface area contributed by atoms with Crippen LogP contribution in [0.15, 0.2) is 36.0 Å². The number of benzene rings is 1. The Labute approximate surface area is 153 Å². The van der Waals surface area contributed by atoms with Gasteiger partial charge < -0.3 is 15.4 Å². The Morgan fingerprint density at radius 3 is 2.38 bits per heavy atom. The number of hydrogen-bond acceptors (Lipinski definition) is 5. The van der Waals surface area contributed by atoms with Crippen molar-refractivity contribution < 1.29 is 19.1 Å². The van der Waals surface area contributed by atoms with Gasteiger partial charge in [0.1, 0.15) is 11.2 Å². The summed E-state index contributed by atoms with van der Waals surface area (Å²) in [5.41, 5.74) is -0.456. The van der Waals surface area contributed by atoms with Gasteiger partial charge in [0.05, 0.1) is 6.07 Å². The van der Waals surface area contributed by atoms with Crippen molar-refractivity contribution in [3.05, 3.63) is 41.6 Å². The molecule has 0 heterocycles. The average molecular weight is 357 g/mol. The van der Waals surface area contributed by atoms with Crippen LogP contribution in [0.5, 0.6) is 0 Å². The molecule has 7 nitrogen and oxygen atoms in total. The van der Waals surface area contributed by atoms with Gasteiger partial charge in [-0.25, -0.2) is 4.79 Å². The second-order valence-corrected chi connectivity index (χ2v) is 6.24. The Kier molecular flexibility index (Phi) is 7.53. The summed E-state index contributed by atoms with van der Waals surface area (Å²) in [6.07, 6.45) is 1.45. The summed E-state index contributed by atoms with van der Waals surface area (Å²) in [6.45, 7) is 5.89. The van der Waals surface area contributed by atoms with E-state index in [9.17, 15) is 19.6 Å². The number of hydrogen-bond donors (Lipinski definition) is 2. The molecule has 1 aromatic carbocycles. The molecule has 0 aliphatic rings. The lowest BCUT2D eigenvalue weighted by Gasteiger charge is -2.27. The lowest BCUT2D eigenvalue weighted by molar-refractivity contribution is -0.146. The zero-order valence-electron chi connectivity index (χ0n) is 15.3. The Balaban J connectivity index is 2.79. The van der Waals surface area contributed by atoms with Crippen LogP contribution in [0.25, 0.3) is 6.08 Å². The van der Waals surface area contributed by atoms with Crippen LogP contribution < -0.4 is 10.6 Å². The highest BCUT2D eigenvalue weighted by Gasteiger charge is 2.30. The van der Waals surface area contributed by atoms with E-state index >= 15 is 0 Å². The van der Waals surface area contributed by atoms with Crippen molar-refractivity contribution >= 4 is 23.9 Å². The molecule has 26 heavy (non-hydrogen) atoms. The quantitative estimate of drug-likeness (QED) is 0.571. The van der Waals surface area contributed by atoms with E-state index in [2.05, 4.69) is 10.6 Å². The molecule has 2 N–H and O–H groups in total. The molecule has 1 atom stereocenters. The lowest BCUT2D eigenvalue weighted by Crippen LogP contribution is -2.50. The molecule has 2 amide bonds. The molecule has 7 heteroatoms. The van der Waals surface area contributed by atoms with Crippen molar-refractivity contribution in [2.75, 3.05) is 6.61 Å². The standard InChI is InChI=1S/C19H23N3O4/c1-13(2)19(4,12-20)22-17(24)11-26-18(25)16(21-14(3)23)10-15-8-6-5-7-9-15/h5-10,13H,11H2,1-4H3,(H,21,23)(H,22,24)/b16-10-/t19-/m0/s1. The summed E-state index contributed by atoms with van der Waals surface area (Å²) in [5, 5.41) is 14.1. The Morgan fingerprint density at radius 1 is 1.27 bits per heavy atom. The number of carbonyl (C=O) groups excluding carboxylic acids is 3. The van der Waals surface area contributed by atoms with Gasteiger partial charge in [-0.15, -0.1) is 0 Å². The van der Waals surface area contributed by atoms with Gasteiger partial charge in [0.2, 0.25) is 5.91 Å². The Morgan fingerprint density at radius 2 is 1.88 bits per heavy atom. The normalized spacial score (nSPS) is 13.3. The van der Waals surface area contributed by atoms with Crippen molar-refractivity contribution in [2.24, 2.45) is 5.92 Å². The predicted octanol–water partition coefficient (Wildman–Crippen LogP) is 1.76. The van der Waals surface area contributed by atoms with Crippen molar-refractivity contribution in [1.29, 1.82) is 5.26 Å². The first kappa shape index (κ1) is 20.9. The van der Waals surface area contributed by atoms with Crippen molar-refractivity contribution in [2.45, 2.75) is 33.2 Å². The van der Waals surface area contributed by atoms with E-state index < -0.39 is 29.9 Å². The molecule has 0 spiro atoms. The molecule has 0 unspecified atom stereocenters. The van der Waals surface area contributed by atoms with E-state index in [-0.39, 0.29) is 11.6 Å². The second-order valence-electron chi connectivity index (χ2n) is 6.24. The maximum atomic E-state index is 12.2. The summed E-state index contributed by atoms with van der Waals surface area (Å²) >= 11 is 0. The average Bonchev–Trinajstić information content (AvgIpc) is 2.59. The molecule has 0 aliphatic carbocycles. The first-order valence-electron chi connectivity index (χ1n) is 8.11. The van der Waals surface area contributed by atoms with Gasteiger partial charge >= 0.3 is 5.97 Å². The smallest absolute Gasteiger partial charge is 0.355 e. The lowest BCUT2D eigenvalue weighted by atomic mass is 9.90. The fourth-order valence-corrected chi connectivity index (χ4v) is 1.89. The second kappa shape index (κ2) is 9.37. The number of carbonyl (C=O) groups is 3. The monoisotopic (exact) mass is 357 g/mol. The topological polar surface area (TPSA) is 108 Å². The summed E-state index contributed by atoms with van der Waals surface area (Å²) < 4.78 is 4.97. The molecule has 1 rings (SSSR count). The minimum Gasteiger partial charge on any atom is -0.451 e. The van der Waals surface area contributed by atoms with Crippen LogP contribution in [0, 0.1) is 17.2 Å². The highest BCUT2D eigenvalue weighted by molar-refractivity contribution is 5.98. The fourth-order valence-electron chi connectivity index (χ4n) is 1.89.